The third-order valence-electron chi connectivity index (χ3n) is 2.74. The van der Waals surface area contributed by atoms with E-state index in [9.17, 15) is 10.1 Å². The van der Waals surface area contributed by atoms with Crippen LogP contribution in [0, 0.1) is 10.1 Å². The highest BCUT2D eigenvalue weighted by Crippen LogP contribution is 2.25. The summed E-state index contributed by atoms with van der Waals surface area (Å²) in [6.45, 7) is 7.53. The zero-order valence-electron chi connectivity index (χ0n) is 11.3. The summed E-state index contributed by atoms with van der Waals surface area (Å²) in [4.78, 5) is 20.1. The van der Waals surface area contributed by atoms with Crippen LogP contribution in [0.25, 0.3) is 0 Å². The van der Waals surface area contributed by atoms with Gasteiger partial charge < -0.3 is 16.0 Å². The lowest BCUT2D eigenvalue weighted by Gasteiger charge is -2.19. The van der Waals surface area contributed by atoms with Crippen LogP contribution in [0.5, 0.6) is 0 Å². The van der Waals surface area contributed by atoms with Gasteiger partial charge in [-0.25, -0.2) is 9.97 Å². The lowest BCUT2D eigenvalue weighted by molar-refractivity contribution is -0.383. The molecule has 0 aliphatic rings. The van der Waals surface area contributed by atoms with Crippen LogP contribution in [0.4, 0.5) is 17.3 Å². The minimum atomic E-state index is -0.568. The van der Waals surface area contributed by atoms with Crippen molar-refractivity contribution in [2.75, 3.05) is 37.2 Å². The molecule has 106 valence electrons. The van der Waals surface area contributed by atoms with Crippen LogP contribution in [0.1, 0.15) is 20.3 Å². The van der Waals surface area contributed by atoms with Gasteiger partial charge in [-0.2, -0.15) is 0 Å². The van der Waals surface area contributed by atoms with E-state index in [1.54, 1.807) is 0 Å². The second kappa shape index (κ2) is 7.47. The molecule has 3 N–H and O–H groups in total. The van der Waals surface area contributed by atoms with Gasteiger partial charge in [-0.05, 0) is 19.5 Å². The van der Waals surface area contributed by atoms with Crippen molar-refractivity contribution >= 4 is 17.3 Å². The molecule has 1 rings (SSSR count). The summed E-state index contributed by atoms with van der Waals surface area (Å²) in [6, 6.07) is 0. The Morgan fingerprint density at radius 1 is 1.42 bits per heavy atom. The Morgan fingerprint density at radius 3 is 2.74 bits per heavy atom. The van der Waals surface area contributed by atoms with E-state index in [1.807, 2.05) is 0 Å². The number of nitrogens with two attached hydrogens (primary N) is 1. The zero-order chi connectivity index (χ0) is 14.3. The summed E-state index contributed by atoms with van der Waals surface area (Å²) in [5.74, 6) is 0.0495. The molecule has 1 aromatic heterocycles. The summed E-state index contributed by atoms with van der Waals surface area (Å²) < 4.78 is 0. The van der Waals surface area contributed by atoms with Gasteiger partial charge in [0.05, 0.1) is 4.92 Å². The number of hydrogen-bond acceptors (Lipinski definition) is 7. The Hall–Kier alpha value is -1.96. The van der Waals surface area contributed by atoms with Crippen LogP contribution in [-0.4, -0.2) is 46.0 Å². The van der Waals surface area contributed by atoms with Gasteiger partial charge in [-0.3, -0.25) is 10.1 Å². The van der Waals surface area contributed by atoms with Crippen LogP contribution in [0.3, 0.4) is 0 Å². The third kappa shape index (κ3) is 4.32. The summed E-state index contributed by atoms with van der Waals surface area (Å²) in [6.07, 6.45) is 2.29. The second-order valence-corrected chi connectivity index (χ2v) is 4.07. The standard InChI is InChI=1S/C11H20N6O2/c1-3-6-16(4-2)7-5-13-11-9(17(18)19)10(12)14-8-15-11/h8H,3-7H2,1-2H3,(H3,12,13,14,15). The smallest absolute Gasteiger partial charge is 0.352 e. The fourth-order valence-electron chi connectivity index (χ4n) is 1.78. The summed E-state index contributed by atoms with van der Waals surface area (Å²) in [5.41, 5.74) is 5.22. The Morgan fingerprint density at radius 2 is 2.16 bits per heavy atom. The molecule has 8 nitrogen and oxygen atoms in total. The van der Waals surface area contributed by atoms with Crippen LogP contribution in [-0.2, 0) is 0 Å². The fraction of sp³-hybridized carbons (Fsp3) is 0.636. The third-order valence-corrected chi connectivity index (χ3v) is 2.74. The van der Waals surface area contributed by atoms with Gasteiger partial charge in [0, 0.05) is 13.1 Å². The molecular formula is C11H20N6O2. The maximum atomic E-state index is 10.9. The summed E-state index contributed by atoms with van der Waals surface area (Å²) in [7, 11) is 0. The Labute approximate surface area is 112 Å². The van der Waals surface area contributed by atoms with E-state index in [-0.39, 0.29) is 17.3 Å². The van der Waals surface area contributed by atoms with Crippen molar-refractivity contribution in [1.82, 2.24) is 14.9 Å². The highest BCUT2D eigenvalue weighted by Gasteiger charge is 2.20. The van der Waals surface area contributed by atoms with E-state index in [0.717, 1.165) is 26.1 Å². The molecule has 0 radical (unpaired) electrons. The van der Waals surface area contributed by atoms with Crippen molar-refractivity contribution in [3.8, 4) is 0 Å². The average molecular weight is 268 g/mol. The van der Waals surface area contributed by atoms with Gasteiger partial charge in [0.15, 0.2) is 0 Å². The second-order valence-electron chi connectivity index (χ2n) is 4.07. The molecule has 0 unspecified atom stereocenters. The lowest BCUT2D eigenvalue weighted by Crippen LogP contribution is -2.30. The van der Waals surface area contributed by atoms with E-state index in [4.69, 9.17) is 5.73 Å². The van der Waals surface area contributed by atoms with Crippen LogP contribution < -0.4 is 11.1 Å². The van der Waals surface area contributed by atoms with Crippen molar-refractivity contribution in [3.05, 3.63) is 16.4 Å². The maximum Gasteiger partial charge on any atom is 0.352 e. The predicted molar refractivity (Wildman–Crippen MR) is 74.0 cm³/mol. The number of nitrogens with zero attached hydrogens (tertiary/aromatic N) is 4. The summed E-state index contributed by atoms with van der Waals surface area (Å²) in [5, 5.41) is 13.8. The molecule has 0 aromatic carbocycles. The number of hydrogen-bond donors (Lipinski definition) is 2. The number of nitro groups is 1. The van der Waals surface area contributed by atoms with Gasteiger partial charge >= 0.3 is 5.69 Å². The molecule has 0 saturated carbocycles. The Kier molecular flexibility index (Phi) is 5.94. The van der Waals surface area contributed by atoms with Crippen LogP contribution in [0.15, 0.2) is 6.33 Å². The molecule has 0 spiro atoms. The van der Waals surface area contributed by atoms with Gasteiger partial charge in [0.2, 0.25) is 11.6 Å². The lowest BCUT2D eigenvalue weighted by atomic mass is 10.4. The van der Waals surface area contributed by atoms with Crippen LogP contribution in [0.2, 0.25) is 0 Å². The number of nitrogens with one attached hydrogen (secondary N) is 1. The molecular weight excluding hydrogens is 248 g/mol. The normalized spacial score (nSPS) is 10.7. The molecule has 1 heterocycles. The van der Waals surface area contributed by atoms with Crippen LogP contribution >= 0.6 is 0 Å². The van der Waals surface area contributed by atoms with Crippen molar-refractivity contribution in [3.63, 3.8) is 0 Å². The van der Waals surface area contributed by atoms with Crippen molar-refractivity contribution in [1.29, 1.82) is 0 Å². The first kappa shape index (κ1) is 15.1. The van der Waals surface area contributed by atoms with Crippen molar-refractivity contribution in [2.45, 2.75) is 20.3 Å². The maximum absolute atomic E-state index is 10.9. The molecule has 0 amide bonds. The number of nitrogen functional groups attached to an aromatic ring is 1. The number of likely N-dealkylation sites (N-methyl/N-ethyl adjacent to an activating group) is 1. The monoisotopic (exact) mass is 268 g/mol. The van der Waals surface area contributed by atoms with Gasteiger partial charge in [-0.15, -0.1) is 0 Å². The highest BCUT2D eigenvalue weighted by atomic mass is 16.6. The quantitative estimate of drug-likeness (QED) is 0.536. The minimum Gasteiger partial charge on any atom is -0.378 e. The molecule has 0 atom stereocenters. The van der Waals surface area contributed by atoms with Gasteiger partial charge in [0.25, 0.3) is 0 Å². The van der Waals surface area contributed by atoms with Gasteiger partial charge in [-0.1, -0.05) is 13.8 Å². The molecule has 0 aliphatic carbocycles. The SMILES string of the molecule is CCCN(CC)CCNc1ncnc(N)c1[N+](=O)[O-]. The average Bonchev–Trinajstić information content (AvgIpc) is 2.37. The molecule has 19 heavy (non-hydrogen) atoms. The predicted octanol–water partition coefficient (Wildman–Crippen LogP) is 1.11. The molecule has 8 heteroatoms. The number of anilines is 2. The Balaban J connectivity index is 2.63. The van der Waals surface area contributed by atoms with E-state index in [1.165, 1.54) is 6.33 Å². The molecule has 1 aromatic rings. The minimum absolute atomic E-state index is 0.122. The number of aromatic nitrogens is 2. The van der Waals surface area contributed by atoms with Crippen molar-refractivity contribution < 1.29 is 4.92 Å². The highest BCUT2D eigenvalue weighted by molar-refractivity contribution is 5.67. The van der Waals surface area contributed by atoms with E-state index in [2.05, 4.69) is 34.0 Å². The zero-order valence-corrected chi connectivity index (χ0v) is 11.3. The fourth-order valence-corrected chi connectivity index (χ4v) is 1.78. The largest absolute Gasteiger partial charge is 0.378 e. The number of rotatable bonds is 8. The van der Waals surface area contributed by atoms with E-state index < -0.39 is 4.92 Å². The Bertz CT molecular complexity index is 426. The first-order chi connectivity index (χ1) is 9.10. The van der Waals surface area contributed by atoms with Crippen molar-refractivity contribution in [2.24, 2.45) is 0 Å². The molecule has 0 fully saturated rings. The molecule has 0 saturated heterocycles. The van der Waals surface area contributed by atoms with E-state index in [0.29, 0.717) is 6.54 Å². The van der Waals surface area contributed by atoms with Gasteiger partial charge in [0.1, 0.15) is 6.33 Å². The first-order valence-corrected chi connectivity index (χ1v) is 6.31. The first-order valence-electron chi connectivity index (χ1n) is 6.31. The molecule has 0 bridgehead atoms. The van der Waals surface area contributed by atoms with E-state index >= 15 is 0 Å². The summed E-state index contributed by atoms with van der Waals surface area (Å²) >= 11 is 0. The molecule has 0 aliphatic heterocycles. The topological polar surface area (TPSA) is 110 Å².